The summed E-state index contributed by atoms with van der Waals surface area (Å²) in [6.45, 7) is 2.20. The van der Waals surface area contributed by atoms with Crippen LogP contribution in [-0.2, 0) is 9.53 Å². The lowest BCUT2D eigenvalue weighted by Crippen LogP contribution is -2.31. The molecule has 3 rings (SSSR count). The third-order valence-electron chi connectivity index (χ3n) is 3.54. The first kappa shape index (κ1) is 15.1. The second kappa shape index (κ2) is 6.96. The molecule has 0 saturated carbocycles. The fourth-order valence-electron chi connectivity index (χ4n) is 2.40. The van der Waals surface area contributed by atoms with Crippen LogP contribution in [0.25, 0.3) is 5.57 Å². The highest BCUT2D eigenvalue weighted by molar-refractivity contribution is 5.82. The van der Waals surface area contributed by atoms with E-state index in [1.807, 2.05) is 49.5 Å². The molecule has 2 aromatic rings. The van der Waals surface area contributed by atoms with Gasteiger partial charge in [-0.15, -0.1) is 0 Å². The Hall–Kier alpha value is -2.82. The van der Waals surface area contributed by atoms with E-state index in [1.54, 1.807) is 12.3 Å². The monoisotopic (exact) mass is 310 g/mol. The summed E-state index contributed by atoms with van der Waals surface area (Å²) in [6, 6.07) is 13.0. The van der Waals surface area contributed by atoms with E-state index in [-0.39, 0.29) is 12.0 Å². The van der Waals surface area contributed by atoms with E-state index in [1.165, 1.54) is 0 Å². The van der Waals surface area contributed by atoms with Gasteiger partial charge in [-0.25, -0.2) is 9.78 Å². The molecule has 5 heteroatoms. The first-order valence-electron chi connectivity index (χ1n) is 7.57. The molecule has 1 aliphatic heterocycles. The molecule has 118 valence electrons. The number of nitrogens with zero attached hydrogens (tertiary/aromatic N) is 1. The fraction of sp³-hybridized carbons (Fsp3) is 0.222. The van der Waals surface area contributed by atoms with E-state index in [9.17, 15) is 4.79 Å². The number of hydrogen-bond acceptors (Lipinski definition) is 5. The van der Waals surface area contributed by atoms with Gasteiger partial charge in [0.1, 0.15) is 11.8 Å². The number of carbonyl (C=O) groups is 1. The van der Waals surface area contributed by atoms with Crippen molar-refractivity contribution in [2.45, 2.75) is 19.4 Å². The average Bonchev–Trinajstić information content (AvgIpc) is 3.07. The van der Waals surface area contributed by atoms with Gasteiger partial charge in [0.15, 0.2) is 0 Å². The highest BCUT2D eigenvalue weighted by Gasteiger charge is 2.25. The van der Waals surface area contributed by atoms with Gasteiger partial charge in [0.05, 0.1) is 6.61 Å². The van der Waals surface area contributed by atoms with Crippen LogP contribution in [0.1, 0.15) is 18.9 Å². The number of esters is 1. The van der Waals surface area contributed by atoms with E-state index >= 15 is 0 Å². The van der Waals surface area contributed by atoms with Crippen molar-refractivity contribution in [3.63, 3.8) is 0 Å². The minimum atomic E-state index is -0.297. The lowest BCUT2D eigenvalue weighted by molar-refractivity contribution is -0.145. The van der Waals surface area contributed by atoms with Crippen molar-refractivity contribution in [2.24, 2.45) is 0 Å². The summed E-state index contributed by atoms with van der Waals surface area (Å²) in [6.07, 6.45) is 4.18. The van der Waals surface area contributed by atoms with Crippen LogP contribution in [0.2, 0.25) is 0 Å². The zero-order valence-corrected chi connectivity index (χ0v) is 12.9. The molecule has 1 aromatic heterocycles. The molecule has 23 heavy (non-hydrogen) atoms. The predicted octanol–water partition coefficient (Wildman–Crippen LogP) is 3.14. The minimum Gasteiger partial charge on any atom is -0.464 e. The van der Waals surface area contributed by atoms with Crippen molar-refractivity contribution in [2.75, 3.05) is 6.61 Å². The third-order valence-corrected chi connectivity index (χ3v) is 3.54. The van der Waals surface area contributed by atoms with Crippen molar-refractivity contribution in [1.82, 2.24) is 10.3 Å². The maximum Gasteiger partial charge on any atom is 0.328 e. The Kier molecular flexibility index (Phi) is 4.57. The van der Waals surface area contributed by atoms with Crippen LogP contribution in [0.15, 0.2) is 54.9 Å². The molecule has 2 heterocycles. The largest absolute Gasteiger partial charge is 0.464 e. The lowest BCUT2D eigenvalue weighted by Gasteiger charge is -2.10. The molecular weight excluding hydrogens is 292 g/mol. The van der Waals surface area contributed by atoms with Gasteiger partial charge in [-0.2, -0.15) is 0 Å². The topological polar surface area (TPSA) is 60.5 Å². The molecule has 0 radical (unpaired) electrons. The minimum absolute atomic E-state index is 0.214. The second-order valence-corrected chi connectivity index (χ2v) is 5.14. The molecule has 0 bridgehead atoms. The van der Waals surface area contributed by atoms with Crippen molar-refractivity contribution < 1.29 is 14.3 Å². The van der Waals surface area contributed by atoms with E-state index in [2.05, 4.69) is 10.3 Å². The molecule has 1 aromatic carbocycles. The van der Waals surface area contributed by atoms with Gasteiger partial charge in [0.2, 0.25) is 5.88 Å². The normalized spacial score (nSPS) is 16.4. The summed E-state index contributed by atoms with van der Waals surface area (Å²) >= 11 is 0. The van der Waals surface area contributed by atoms with Crippen LogP contribution in [-0.4, -0.2) is 23.6 Å². The zero-order chi connectivity index (χ0) is 16.1. The van der Waals surface area contributed by atoms with Crippen molar-refractivity contribution in [3.05, 3.63) is 60.4 Å². The number of pyridine rings is 1. The molecule has 1 N–H and O–H groups in total. The highest BCUT2D eigenvalue weighted by atomic mass is 16.5. The molecule has 0 saturated heterocycles. The van der Waals surface area contributed by atoms with Crippen molar-refractivity contribution in [3.8, 4) is 11.6 Å². The summed E-state index contributed by atoms with van der Waals surface area (Å²) in [7, 11) is 0. The van der Waals surface area contributed by atoms with E-state index < -0.39 is 0 Å². The van der Waals surface area contributed by atoms with Crippen molar-refractivity contribution >= 4 is 11.5 Å². The van der Waals surface area contributed by atoms with E-state index in [0.717, 1.165) is 16.9 Å². The molecule has 0 amide bonds. The SMILES string of the molecule is CCOC(=O)C1CC(c2ccc(Oc3ccccn3)cc2)=CN1. The van der Waals surface area contributed by atoms with Crippen LogP contribution < -0.4 is 10.1 Å². The number of nitrogens with one attached hydrogen (secondary N) is 1. The maximum absolute atomic E-state index is 11.7. The molecule has 1 atom stereocenters. The van der Waals surface area contributed by atoms with Gasteiger partial charge in [0, 0.05) is 24.9 Å². The molecule has 0 fully saturated rings. The van der Waals surface area contributed by atoms with Gasteiger partial charge >= 0.3 is 5.97 Å². The Labute approximate surface area is 135 Å². The van der Waals surface area contributed by atoms with Crippen LogP contribution >= 0.6 is 0 Å². The van der Waals surface area contributed by atoms with Gasteiger partial charge < -0.3 is 14.8 Å². The number of benzene rings is 1. The Morgan fingerprint density at radius 3 is 2.78 bits per heavy atom. The number of hydrogen-bond donors (Lipinski definition) is 1. The highest BCUT2D eigenvalue weighted by Crippen LogP contribution is 2.27. The quantitative estimate of drug-likeness (QED) is 0.860. The summed E-state index contributed by atoms with van der Waals surface area (Å²) in [4.78, 5) is 15.9. The maximum atomic E-state index is 11.7. The smallest absolute Gasteiger partial charge is 0.328 e. The average molecular weight is 310 g/mol. The molecule has 1 aliphatic rings. The van der Waals surface area contributed by atoms with Crippen LogP contribution in [0.3, 0.4) is 0 Å². The predicted molar refractivity (Wildman–Crippen MR) is 86.9 cm³/mol. The Morgan fingerprint density at radius 1 is 1.26 bits per heavy atom. The molecule has 1 unspecified atom stereocenters. The number of carbonyl (C=O) groups excluding carboxylic acids is 1. The van der Waals surface area contributed by atoms with Crippen LogP contribution in [0.4, 0.5) is 0 Å². The van der Waals surface area contributed by atoms with Crippen LogP contribution in [0, 0.1) is 0 Å². The number of aromatic nitrogens is 1. The summed E-state index contributed by atoms with van der Waals surface area (Å²) in [5.74, 6) is 1.07. The van der Waals surface area contributed by atoms with Gasteiger partial charge in [-0.3, -0.25) is 0 Å². The zero-order valence-electron chi connectivity index (χ0n) is 12.9. The van der Waals surface area contributed by atoms with E-state index in [4.69, 9.17) is 9.47 Å². The molecular formula is C18H18N2O3. The fourth-order valence-corrected chi connectivity index (χ4v) is 2.40. The number of rotatable bonds is 5. The molecule has 0 aliphatic carbocycles. The first-order chi connectivity index (χ1) is 11.3. The molecule has 0 spiro atoms. The first-order valence-corrected chi connectivity index (χ1v) is 7.57. The van der Waals surface area contributed by atoms with Gasteiger partial charge in [0.25, 0.3) is 0 Å². The van der Waals surface area contributed by atoms with E-state index in [0.29, 0.717) is 18.9 Å². The summed E-state index contributed by atoms with van der Waals surface area (Å²) in [5.41, 5.74) is 2.13. The van der Waals surface area contributed by atoms with Crippen LogP contribution in [0.5, 0.6) is 11.6 Å². The summed E-state index contributed by atoms with van der Waals surface area (Å²) < 4.78 is 10.7. The van der Waals surface area contributed by atoms with Gasteiger partial charge in [-0.1, -0.05) is 18.2 Å². The third kappa shape index (κ3) is 3.69. The lowest BCUT2D eigenvalue weighted by atomic mass is 10.0. The Bertz CT molecular complexity index is 696. The standard InChI is InChI=1S/C18H18N2O3/c1-2-22-18(21)16-11-14(12-20-16)13-6-8-15(9-7-13)23-17-5-3-4-10-19-17/h3-10,12,16,20H,2,11H2,1H3. The number of ether oxygens (including phenoxy) is 2. The van der Waals surface area contributed by atoms with Crippen molar-refractivity contribution in [1.29, 1.82) is 0 Å². The second-order valence-electron chi connectivity index (χ2n) is 5.14. The van der Waals surface area contributed by atoms with Gasteiger partial charge in [-0.05, 0) is 36.3 Å². The Morgan fingerprint density at radius 2 is 2.09 bits per heavy atom. The Balaban J connectivity index is 1.63. The summed E-state index contributed by atoms with van der Waals surface area (Å²) in [5, 5.41) is 3.07. The molecule has 5 nitrogen and oxygen atoms in total.